The Hall–Kier alpha value is -3.83. The molecule has 0 bridgehead atoms. The van der Waals surface area contributed by atoms with Crippen molar-refractivity contribution in [1.29, 1.82) is 0 Å². The molecule has 0 spiro atoms. The number of nitrogens with zero attached hydrogens (tertiary/aromatic N) is 1. The zero-order valence-corrected chi connectivity index (χ0v) is 20.9. The van der Waals surface area contributed by atoms with Gasteiger partial charge in [-0.25, -0.2) is 4.98 Å². The van der Waals surface area contributed by atoms with Gasteiger partial charge in [-0.1, -0.05) is 37.8 Å². The van der Waals surface area contributed by atoms with E-state index in [0.717, 1.165) is 97.4 Å². The Kier molecular flexibility index (Phi) is 10.8. The molecule has 3 rings (SSSR count). The molecule has 2 amide bonds. The lowest BCUT2D eigenvalue weighted by atomic mass is 10.1. The van der Waals surface area contributed by atoms with E-state index in [1.165, 1.54) is 0 Å². The summed E-state index contributed by atoms with van der Waals surface area (Å²) in [5, 5.41) is 7.95. The third-order valence-electron chi connectivity index (χ3n) is 6.13. The summed E-state index contributed by atoms with van der Waals surface area (Å²) in [6.45, 7) is 0. The van der Waals surface area contributed by atoms with Gasteiger partial charge in [-0.3, -0.25) is 9.59 Å². The van der Waals surface area contributed by atoms with Crippen molar-refractivity contribution in [1.82, 2.24) is 4.98 Å². The van der Waals surface area contributed by atoms with Gasteiger partial charge in [0.1, 0.15) is 0 Å². The lowest BCUT2D eigenvalue weighted by Crippen LogP contribution is -2.11. The Balaban J connectivity index is 1.56. The number of benzene rings is 2. The number of nitrogens with one attached hydrogen (secondary N) is 2. The fourth-order valence-corrected chi connectivity index (χ4v) is 4.16. The Bertz CT molecular complexity index is 1170. The lowest BCUT2D eigenvalue weighted by molar-refractivity contribution is -0.117. The molecule has 0 fully saturated rings. The molecule has 0 radical (unpaired) electrons. The average molecular weight is 482 g/mol. The van der Waals surface area contributed by atoms with Crippen LogP contribution in [-0.2, 0) is 9.59 Å². The summed E-state index contributed by atoms with van der Waals surface area (Å²) in [6, 6.07) is 13.6. The Morgan fingerprint density at radius 3 is 1.53 bits per heavy atom. The first kappa shape index (κ1) is 26.8. The molecule has 5 heteroatoms. The molecular weight excluding hydrogens is 446 g/mol. The van der Waals surface area contributed by atoms with E-state index < -0.39 is 0 Å². The number of unbranched alkanes of at least 4 members (excludes halogenated alkanes) is 8. The SMILES string of the molecule is C#CCCCCCCC(=O)Nc1ccc2cc3ccc(NC(=O)CCCCCCC#C)cc3nc2c1. The van der Waals surface area contributed by atoms with Crippen molar-refractivity contribution in [3.63, 3.8) is 0 Å². The molecule has 0 saturated carbocycles. The number of terminal acetylenes is 2. The maximum absolute atomic E-state index is 12.3. The number of anilines is 2. The molecule has 0 saturated heterocycles. The monoisotopic (exact) mass is 481 g/mol. The van der Waals surface area contributed by atoms with Gasteiger partial charge >= 0.3 is 0 Å². The molecule has 2 N–H and O–H groups in total. The van der Waals surface area contributed by atoms with Crippen LogP contribution in [0.25, 0.3) is 21.8 Å². The number of carbonyl (C=O) groups is 2. The van der Waals surface area contributed by atoms with Crippen molar-refractivity contribution in [2.75, 3.05) is 10.6 Å². The summed E-state index contributed by atoms with van der Waals surface area (Å²) >= 11 is 0. The number of pyridine rings is 1. The van der Waals surface area contributed by atoms with E-state index >= 15 is 0 Å². The predicted octanol–water partition coefficient (Wildman–Crippen LogP) is 7.21. The maximum atomic E-state index is 12.3. The molecule has 5 nitrogen and oxygen atoms in total. The molecule has 36 heavy (non-hydrogen) atoms. The van der Waals surface area contributed by atoms with Gasteiger partial charge < -0.3 is 10.6 Å². The van der Waals surface area contributed by atoms with E-state index in [9.17, 15) is 9.59 Å². The zero-order valence-electron chi connectivity index (χ0n) is 20.9. The van der Waals surface area contributed by atoms with Crippen LogP contribution >= 0.6 is 0 Å². The van der Waals surface area contributed by atoms with Gasteiger partial charge in [0.05, 0.1) is 11.0 Å². The molecule has 186 valence electrons. The van der Waals surface area contributed by atoms with Crippen LogP contribution in [0.5, 0.6) is 0 Å². The molecule has 1 aromatic heterocycles. The number of hydrogen-bond acceptors (Lipinski definition) is 3. The van der Waals surface area contributed by atoms with Gasteiger partial charge in [0, 0.05) is 47.8 Å². The first-order chi connectivity index (χ1) is 17.6. The van der Waals surface area contributed by atoms with E-state index in [2.05, 4.69) is 28.5 Å². The molecule has 0 aliphatic carbocycles. The first-order valence-electron chi connectivity index (χ1n) is 12.9. The van der Waals surface area contributed by atoms with Crippen LogP contribution in [0.4, 0.5) is 11.4 Å². The van der Waals surface area contributed by atoms with Crippen molar-refractivity contribution < 1.29 is 9.59 Å². The highest BCUT2D eigenvalue weighted by Crippen LogP contribution is 2.25. The lowest BCUT2D eigenvalue weighted by Gasteiger charge is -2.09. The second-order valence-electron chi connectivity index (χ2n) is 9.14. The van der Waals surface area contributed by atoms with Gasteiger partial charge in [0.25, 0.3) is 0 Å². The topological polar surface area (TPSA) is 71.1 Å². The summed E-state index contributed by atoms with van der Waals surface area (Å²) in [5.74, 6) is 5.30. The third-order valence-corrected chi connectivity index (χ3v) is 6.13. The first-order valence-corrected chi connectivity index (χ1v) is 12.9. The maximum Gasteiger partial charge on any atom is 0.224 e. The zero-order chi connectivity index (χ0) is 25.6. The summed E-state index contributed by atoms with van der Waals surface area (Å²) in [6.07, 6.45) is 21.0. The number of carbonyl (C=O) groups excluding carboxylic acids is 2. The number of amides is 2. The molecule has 0 atom stereocenters. The minimum absolute atomic E-state index is 0.00753. The second-order valence-corrected chi connectivity index (χ2v) is 9.14. The molecule has 3 aromatic rings. The third kappa shape index (κ3) is 8.75. The van der Waals surface area contributed by atoms with Gasteiger partial charge in [-0.2, -0.15) is 0 Å². The van der Waals surface area contributed by atoms with Crippen LogP contribution in [0.1, 0.15) is 77.0 Å². The number of fused-ring (bicyclic) bond motifs is 2. The number of hydrogen-bond donors (Lipinski definition) is 2. The summed E-state index contributed by atoms with van der Waals surface area (Å²) in [7, 11) is 0. The smallest absolute Gasteiger partial charge is 0.224 e. The normalized spacial score (nSPS) is 10.6. The average Bonchev–Trinajstić information content (AvgIpc) is 2.87. The summed E-state index contributed by atoms with van der Waals surface area (Å²) in [5.41, 5.74) is 3.06. The fourth-order valence-electron chi connectivity index (χ4n) is 4.16. The second kappa shape index (κ2) is 14.5. The highest BCUT2D eigenvalue weighted by atomic mass is 16.2. The number of aromatic nitrogens is 1. The van der Waals surface area contributed by atoms with Crippen LogP contribution in [0.3, 0.4) is 0 Å². The fraction of sp³-hybridized carbons (Fsp3) is 0.387. The van der Waals surface area contributed by atoms with Crippen LogP contribution in [0, 0.1) is 24.7 Å². The van der Waals surface area contributed by atoms with E-state index in [4.69, 9.17) is 17.8 Å². The van der Waals surface area contributed by atoms with Crippen LogP contribution in [0.2, 0.25) is 0 Å². The minimum Gasteiger partial charge on any atom is -0.326 e. The molecule has 0 aliphatic rings. The van der Waals surface area contributed by atoms with Crippen LogP contribution < -0.4 is 10.6 Å². The molecular formula is C31H35N3O2. The standard InChI is InChI=1S/C31H35N3O2/c1-3-5-7-9-11-13-15-30(35)32-26-19-17-24-21-25-18-20-27(23-29(25)34-28(24)22-26)33-31(36)16-14-12-10-8-6-4-2/h1-2,17-23H,5-16H2,(H,32,35)(H,33,36). The molecule has 1 heterocycles. The summed E-state index contributed by atoms with van der Waals surface area (Å²) in [4.78, 5) is 29.4. The molecule has 2 aromatic carbocycles. The van der Waals surface area contributed by atoms with Gasteiger partial charge in [0.2, 0.25) is 11.8 Å². The predicted molar refractivity (Wildman–Crippen MR) is 150 cm³/mol. The van der Waals surface area contributed by atoms with Gasteiger partial charge in [-0.15, -0.1) is 24.7 Å². The minimum atomic E-state index is 0.00753. The molecule has 0 unspecified atom stereocenters. The Morgan fingerprint density at radius 2 is 1.08 bits per heavy atom. The molecule has 0 aliphatic heterocycles. The van der Waals surface area contributed by atoms with Crippen molar-refractivity contribution >= 4 is 45.0 Å². The highest BCUT2D eigenvalue weighted by Gasteiger charge is 2.07. The highest BCUT2D eigenvalue weighted by molar-refractivity contribution is 5.99. The van der Waals surface area contributed by atoms with Crippen LogP contribution in [-0.4, -0.2) is 16.8 Å². The largest absolute Gasteiger partial charge is 0.326 e. The van der Waals surface area contributed by atoms with Crippen LogP contribution in [0.15, 0.2) is 42.5 Å². The van der Waals surface area contributed by atoms with Crippen molar-refractivity contribution in [3.8, 4) is 24.7 Å². The van der Waals surface area contributed by atoms with E-state index in [1.54, 1.807) is 0 Å². The van der Waals surface area contributed by atoms with E-state index in [-0.39, 0.29) is 11.8 Å². The van der Waals surface area contributed by atoms with Gasteiger partial charge in [-0.05, 0) is 56.0 Å². The van der Waals surface area contributed by atoms with E-state index in [1.807, 2.05) is 36.4 Å². The quantitative estimate of drug-likeness (QED) is 0.145. The van der Waals surface area contributed by atoms with Crippen molar-refractivity contribution in [3.05, 3.63) is 42.5 Å². The summed E-state index contributed by atoms with van der Waals surface area (Å²) < 4.78 is 0. The Labute approximate surface area is 214 Å². The van der Waals surface area contributed by atoms with E-state index in [0.29, 0.717) is 12.8 Å². The van der Waals surface area contributed by atoms with Crippen molar-refractivity contribution in [2.24, 2.45) is 0 Å². The Morgan fingerprint density at radius 1 is 0.639 bits per heavy atom. The number of rotatable bonds is 14. The van der Waals surface area contributed by atoms with Crippen molar-refractivity contribution in [2.45, 2.75) is 77.0 Å². The van der Waals surface area contributed by atoms with Gasteiger partial charge in [0.15, 0.2) is 0 Å².